The summed E-state index contributed by atoms with van der Waals surface area (Å²) >= 11 is 1.67. The zero-order valence-electron chi connectivity index (χ0n) is 12.0. The molecule has 1 aliphatic heterocycles. The van der Waals surface area contributed by atoms with Crippen molar-refractivity contribution in [3.63, 3.8) is 0 Å². The second kappa shape index (κ2) is 5.50. The Labute approximate surface area is 132 Å². The molecule has 1 unspecified atom stereocenters. The third-order valence-corrected chi connectivity index (χ3v) is 4.81. The van der Waals surface area contributed by atoms with Gasteiger partial charge in [0.05, 0.1) is 23.3 Å². The lowest BCUT2D eigenvalue weighted by molar-refractivity contribution is 0.0730. The van der Waals surface area contributed by atoms with Gasteiger partial charge in [-0.05, 0) is 47.4 Å². The highest BCUT2D eigenvalue weighted by Gasteiger charge is 2.31. The smallest absolute Gasteiger partial charge is 0.274 e. The lowest BCUT2D eigenvalue weighted by Gasteiger charge is -2.23. The molecule has 4 nitrogen and oxygen atoms in total. The molecule has 0 radical (unpaired) electrons. The Balaban J connectivity index is 1.67. The number of carbonyl (C=O) groups excluding carboxylic acids is 1. The van der Waals surface area contributed by atoms with Crippen LogP contribution in [-0.4, -0.2) is 27.3 Å². The summed E-state index contributed by atoms with van der Waals surface area (Å²) in [6, 6.07) is 9.90. The number of amides is 1. The summed E-state index contributed by atoms with van der Waals surface area (Å²) in [5, 5.41) is 4.19. The third kappa shape index (κ3) is 2.27. The number of nitrogens with zero attached hydrogens (tertiary/aromatic N) is 3. The number of rotatable bonds is 2. The van der Waals surface area contributed by atoms with Crippen LogP contribution in [-0.2, 0) is 0 Å². The minimum atomic E-state index is -0.0213. The van der Waals surface area contributed by atoms with E-state index in [-0.39, 0.29) is 11.9 Å². The zero-order valence-corrected chi connectivity index (χ0v) is 12.8. The van der Waals surface area contributed by atoms with E-state index in [2.05, 4.69) is 26.8 Å². The number of aromatic nitrogens is 2. The summed E-state index contributed by atoms with van der Waals surface area (Å²) in [6.07, 6.45) is 3.64. The number of hydrogen-bond acceptors (Lipinski definition) is 4. The van der Waals surface area contributed by atoms with Crippen LogP contribution in [0.15, 0.2) is 47.3 Å². The van der Waals surface area contributed by atoms with Crippen molar-refractivity contribution in [1.82, 2.24) is 14.9 Å². The molecule has 1 aromatic carbocycles. The van der Waals surface area contributed by atoms with E-state index < -0.39 is 0 Å². The highest BCUT2D eigenvalue weighted by Crippen LogP contribution is 2.33. The highest BCUT2D eigenvalue weighted by molar-refractivity contribution is 7.08. The Morgan fingerprint density at radius 3 is 2.91 bits per heavy atom. The van der Waals surface area contributed by atoms with Crippen LogP contribution in [0.3, 0.4) is 0 Å². The monoisotopic (exact) mass is 309 g/mol. The van der Waals surface area contributed by atoms with Crippen molar-refractivity contribution in [2.24, 2.45) is 0 Å². The highest BCUT2D eigenvalue weighted by atomic mass is 32.1. The molecule has 110 valence electrons. The molecule has 1 atom stereocenters. The topological polar surface area (TPSA) is 46.1 Å². The van der Waals surface area contributed by atoms with Gasteiger partial charge in [-0.3, -0.25) is 9.78 Å². The molecule has 0 saturated carbocycles. The largest absolute Gasteiger partial charge is 0.330 e. The van der Waals surface area contributed by atoms with Crippen LogP contribution in [0.4, 0.5) is 0 Å². The van der Waals surface area contributed by atoms with Gasteiger partial charge in [0.1, 0.15) is 5.69 Å². The minimum absolute atomic E-state index is 0.0213. The minimum Gasteiger partial charge on any atom is -0.330 e. The van der Waals surface area contributed by atoms with Crippen LogP contribution in [0.25, 0.3) is 11.0 Å². The summed E-state index contributed by atoms with van der Waals surface area (Å²) in [7, 11) is 0. The van der Waals surface area contributed by atoms with Crippen LogP contribution < -0.4 is 0 Å². The first-order chi connectivity index (χ1) is 10.8. The number of hydrogen-bond donors (Lipinski definition) is 0. The first-order valence-corrected chi connectivity index (χ1v) is 8.32. The van der Waals surface area contributed by atoms with E-state index >= 15 is 0 Å². The van der Waals surface area contributed by atoms with Crippen LogP contribution in [0.5, 0.6) is 0 Å². The molecule has 2 aromatic heterocycles. The van der Waals surface area contributed by atoms with Gasteiger partial charge in [0.15, 0.2) is 0 Å². The molecule has 22 heavy (non-hydrogen) atoms. The van der Waals surface area contributed by atoms with Crippen LogP contribution in [0, 0.1) is 0 Å². The Morgan fingerprint density at radius 2 is 2.09 bits per heavy atom. The molecule has 3 aromatic rings. The van der Waals surface area contributed by atoms with Crippen molar-refractivity contribution in [1.29, 1.82) is 0 Å². The fraction of sp³-hybridized carbons (Fsp3) is 0.235. The van der Waals surface area contributed by atoms with Gasteiger partial charge < -0.3 is 4.90 Å². The van der Waals surface area contributed by atoms with Gasteiger partial charge in [0.2, 0.25) is 0 Å². The molecule has 1 aliphatic rings. The summed E-state index contributed by atoms with van der Waals surface area (Å²) < 4.78 is 0. The van der Waals surface area contributed by atoms with Gasteiger partial charge in [-0.15, -0.1) is 0 Å². The summed E-state index contributed by atoms with van der Waals surface area (Å²) in [6.45, 7) is 0.786. The molecule has 1 amide bonds. The van der Waals surface area contributed by atoms with Gasteiger partial charge in [0.25, 0.3) is 5.91 Å². The quantitative estimate of drug-likeness (QED) is 0.725. The third-order valence-electron chi connectivity index (χ3n) is 4.11. The SMILES string of the molecule is O=C(c1cnc2ccccc2n1)N1CCCC1c1ccsc1. The number of benzene rings is 1. The summed E-state index contributed by atoms with van der Waals surface area (Å²) in [5.74, 6) is -0.0213. The van der Waals surface area contributed by atoms with Gasteiger partial charge >= 0.3 is 0 Å². The van der Waals surface area contributed by atoms with Crippen molar-refractivity contribution >= 4 is 28.3 Å². The predicted molar refractivity (Wildman–Crippen MR) is 86.9 cm³/mol. The second-order valence-electron chi connectivity index (χ2n) is 5.46. The first-order valence-electron chi connectivity index (χ1n) is 7.38. The van der Waals surface area contributed by atoms with E-state index in [1.54, 1.807) is 17.5 Å². The Hall–Kier alpha value is -2.27. The first kappa shape index (κ1) is 13.4. The van der Waals surface area contributed by atoms with Gasteiger partial charge in [-0.2, -0.15) is 11.3 Å². The van der Waals surface area contributed by atoms with Crippen molar-refractivity contribution in [3.8, 4) is 0 Å². The normalized spacial score (nSPS) is 18.0. The van der Waals surface area contributed by atoms with E-state index in [9.17, 15) is 4.79 Å². The second-order valence-corrected chi connectivity index (χ2v) is 6.24. The Morgan fingerprint density at radius 1 is 1.23 bits per heavy atom. The fourth-order valence-electron chi connectivity index (χ4n) is 3.03. The fourth-order valence-corrected chi connectivity index (χ4v) is 3.74. The molecule has 4 rings (SSSR count). The Bertz CT molecular complexity index is 816. The summed E-state index contributed by atoms with van der Waals surface area (Å²) in [5.41, 5.74) is 3.24. The van der Waals surface area contributed by atoms with Crippen molar-refractivity contribution in [3.05, 3.63) is 58.5 Å². The van der Waals surface area contributed by atoms with E-state index in [0.717, 1.165) is 30.4 Å². The molecular formula is C17H15N3OS. The average molecular weight is 309 g/mol. The van der Waals surface area contributed by atoms with Crippen molar-refractivity contribution < 1.29 is 4.79 Å². The standard InChI is InChI=1S/C17H15N3OS/c21-17(15-10-18-13-4-1-2-5-14(13)19-15)20-8-3-6-16(20)12-7-9-22-11-12/h1-2,4-5,7,9-11,16H,3,6,8H2. The van der Waals surface area contributed by atoms with E-state index in [1.807, 2.05) is 29.2 Å². The van der Waals surface area contributed by atoms with E-state index in [1.165, 1.54) is 5.56 Å². The molecule has 5 heteroatoms. The predicted octanol–water partition coefficient (Wildman–Crippen LogP) is 3.67. The van der Waals surface area contributed by atoms with E-state index in [4.69, 9.17) is 0 Å². The average Bonchev–Trinajstić information content (AvgIpc) is 3.24. The maximum atomic E-state index is 12.8. The van der Waals surface area contributed by atoms with Crippen LogP contribution in [0.2, 0.25) is 0 Å². The molecular weight excluding hydrogens is 294 g/mol. The van der Waals surface area contributed by atoms with Gasteiger partial charge in [0, 0.05) is 6.54 Å². The van der Waals surface area contributed by atoms with Crippen molar-refractivity contribution in [2.45, 2.75) is 18.9 Å². The maximum absolute atomic E-state index is 12.8. The van der Waals surface area contributed by atoms with Gasteiger partial charge in [-0.25, -0.2) is 4.98 Å². The number of thiophene rings is 1. The van der Waals surface area contributed by atoms with E-state index in [0.29, 0.717) is 5.69 Å². The molecule has 0 bridgehead atoms. The zero-order chi connectivity index (χ0) is 14.9. The molecule has 3 heterocycles. The van der Waals surface area contributed by atoms with Crippen molar-refractivity contribution in [2.75, 3.05) is 6.54 Å². The lowest BCUT2D eigenvalue weighted by atomic mass is 10.1. The van der Waals surface area contributed by atoms with Gasteiger partial charge in [-0.1, -0.05) is 12.1 Å². The lowest BCUT2D eigenvalue weighted by Crippen LogP contribution is -2.31. The molecule has 0 spiro atoms. The maximum Gasteiger partial charge on any atom is 0.274 e. The number of fused-ring (bicyclic) bond motifs is 1. The Kier molecular flexibility index (Phi) is 3.35. The van der Waals surface area contributed by atoms with Crippen LogP contribution >= 0.6 is 11.3 Å². The molecule has 0 N–H and O–H groups in total. The molecule has 1 fully saturated rings. The number of likely N-dealkylation sites (tertiary alicyclic amines) is 1. The molecule has 1 saturated heterocycles. The molecule has 0 aliphatic carbocycles. The number of para-hydroxylation sites is 2. The summed E-state index contributed by atoms with van der Waals surface area (Å²) in [4.78, 5) is 23.6. The number of carbonyl (C=O) groups is 1. The van der Waals surface area contributed by atoms with Crippen LogP contribution in [0.1, 0.15) is 34.9 Å².